The van der Waals surface area contributed by atoms with Crippen LogP contribution in [-0.4, -0.2) is 26.9 Å². The molecule has 1 N–H and O–H groups in total. The Morgan fingerprint density at radius 1 is 1.04 bits per heavy atom. The Morgan fingerprint density at radius 2 is 1.76 bits per heavy atom. The van der Waals surface area contributed by atoms with E-state index < -0.39 is 0 Å². The Morgan fingerprint density at radius 3 is 2.44 bits per heavy atom. The van der Waals surface area contributed by atoms with E-state index in [0.717, 1.165) is 17.7 Å². The van der Waals surface area contributed by atoms with Gasteiger partial charge in [0.25, 0.3) is 0 Å². The van der Waals surface area contributed by atoms with Gasteiger partial charge in [0.15, 0.2) is 11.5 Å². The lowest BCUT2D eigenvalue weighted by atomic mass is 10.1. The number of hydrogen-bond donors (Lipinski definition) is 1. The minimum Gasteiger partial charge on any atom is -0.490 e. The summed E-state index contributed by atoms with van der Waals surface area (Å²) < 4.78 is 16.7. The van der Waals surface area contributed by atoms with Crippen LogP contribution in [-0.2, 0) is 17.9 Å². The summed E-state index contributed by atoms with van der Waals surface area (Å²) in [7, 11) is 1.68. The van der Waals surface area contributed by atoms with Gasteiger partial charge in [0.1, 0.15) is 6.61 Å². The SMILES string of the molecule is CCOc1cc(CNCCOC)c(Cl)cc1OCc1ccc(C)cc1. The van der Waals surface area contributed by atoms with Crippen LogP contribution < -0.4 is 14.8 Å². The molecule has 25 heavy (non-hydrogen) atoms. The van der Waals surface area contributed by atoms with Gasteiger partial charge in [-0.1, -0.05) is 41.4 Å². The van der Waals surface area contributed by atoms with Crippen LogP contribution in [0.5, 0.6) is 11.5 Å². The first kappa shape index (κ1) is 19.6. The Bertz CT molecular complexity index is 659. The lowest BCUT2D eigenvalue weighted by molar-refractivity contribution is 0.199. The lowest BCUT2D eigenvalue weighted by Gasteiger charge is -2.15. The third-order valence-electron chi connectivity index (χ3n) is 3.73. The first-order chi connectivity index (χ1) is 12.1. The normalized spacial score (nSPS) is 10.7. The molecule has 2 aromatic rings. The predicted octanol–water partition coefficient (Wildman–Crippen LogP) is 4.36. The first-order valence-electron chi connectivity index (χ1n) is 8.47. The third kappa shape index (κ3) is 6.24. The second-order valence-corrected chi connectivity index (χ2v) is 6.17. The van der Waals surface area contributed by atoms with Crippen LogP contribution in [0.3, 0.4) is 0 Å². The smallest absolute Gasteiger partial charge is 0.163 e. The lowest BCUT2D eigenvalue weighted by Crippen LogP contribution is -2.18. The molecule has 0 unspecified atom stereocenters. The summed E-state index contributed by atoms with van der Waals surface area (Å²) in [5.74, 6) is 1.37. The molecular weight excluding hydrogens is 338 g/mol. The maximum absolute atomic E-state index is 6.41. The molecule has 0 atom stereocenters. The standard InChI is InChI=1S/C20H26ClNO3/c1-4-24-19-11-17(13-22-9-10-23-3)18(21)12-20(19)25-14-16-7-5-15(2)6-8-16/h5-8,11-12,22H,4,9-10,13-14H2,1-3H3. The zero-order chi connectivity index (χ0) is 18.1. The molecule has 0 aromatic heterocycles. The Balaban J connectivity index is 2.07. The summed E-state index contributed by atoms with van der Waals surface area (Å²) >= 11 is 6.41. The largest absolute Gasteiger partial charge is 0.490 e. The van der Waals surface area contributed by atoms with Crippen molar-refractivity contribution in [3.63, 3.8) is 0 Å². The van der Waals surface area contributed by atoms with Crippen molar-refractivity contribution in [2.75, 3.05) is 26.9 Å². The van der Waals surface area contributed by atoms with E-state index in [2.05, 4.69) is 36.5 Å². The quantitative estimate of drug-likeness (QED) is 0.636. The van der Waals surface area contributed by atoms with Crippen molar-refractivity contribution >= 4 is 11.6 Å². The second-order valence-electron chi connectivity index (χ2n) is 5.77. The fraction of sp³-hybridized carbons (Fsp3) is 0.400. The second kappa shape index (κ2) is 10.3. The van der Waals surface area contributed by atoms with E-state index >= 15 is 0 Å². The van der Waals surface area contributed by atoms with Crippen LogP contribution in [0.1, 0.15) is 23.6 Å². The van der Waals surface area contributed by atoms with Crippen molar-refractivity contribution in [3.05, 3.63) is 58.1 Å². The number of ether oxygens (including phenoxy) is 3. The molecule has 5 heteroatoms. The molecule has 0 saturated carbocycles. The molecule has 0 aliphatic heterocycles. The van der Waals surface area contributed by atoms with Crippen LogP contribution in [0.2, 0.25) is 5.02 Å². The maximum atomic E-state index is 6.41. The Kier molecular flexibility index (Phi) is 8.06. The number of aryl methyl sites for hydroxylation is 1. The molecule has 0 aliphatic carbocycles. The highest BCUT2D eigenvalue weighted by molar-refractivity contribution is 6.31. The van der Waals surface area contributed by atoms with Crippen molar-refractivity contribution in [3.8, 4) is 11.5 Å². The average Bonchev–Trinajstić information content (AvgIpc) is 2.61. The van der Waals surface area contributed by atoms with E-state index in [1.807, 2.05) is 19.1 Å². The number of hydrogen-bond acceptors (Lipinski definition) is 4. The number of halogens is 1. The van der Waals surface area contributed by atoms with E-state index in [0.29, 0.717) is 42.9 Å². The minimum atomic E-state index is 0.474. The highest BCUT2D eigenvalue weighted by Gasteiger charge is 2.11. The monoisotopic (exact) mass is 363 g/mol. The van der Waals surface area contributed by atoms with Gasteiger partial charge in [-0.3, -0.25) is 0 Å². The zero-order valence-corrected chi connectivity index (χ0v) is 15.9. The van der Waals surface area contributed by atoms with E-state index in [-0.39, 0.29) is 0 Å². The van der Waals surface area contributed by atoms with Gasteiger partial charge in [0, 0.05) is 31.3 Å². The van der Waals surface area contributed by atoms with Gasteiger partial charge in [0.05, 0.1) is 13.2 Å². The van der Waals surface area contributed by atoms with Gasteiger partial charge in [-0.15, -0.1) is 0 Å². The van der Waals surface area contributed by atoms with Crippen molar-refractivity contribution in [1.82, 2.24) is 5.32 Å². The van der Waals surface area contributed by atoms with E-state index in [9.17, 15) is 0 Å². The fourth-order valence-corrected chi connectivity index (χ4v) is 2.56. The molecule has 0 spiro atoms. The molecule has 0 bridgehead atoms. The van der Waals surface area contributed by atoms with Crippen LogP contribution in [0.15, 0.2) is 36.4 Å². The van der Waals surface area contributed by atoms with E-state index in [1.54, 1.807) is 7.11 Å². The van der Waals surface area contributed by atoms with Crippen molar-refractivity contribution < 1.29 is 14.2 Å². The summed E-state index contributed by atoms with van der Waals surface area (Å²) in [6.45, 7) is 7.14. The van der Waals surface area contributed by atoms with Gasteiger partial charge in [-0.05, 0) is 31.0 Å². The highest BCUT2D eigenvalue weighted by Crippen LogP contribution is 2.34. The summed E-state index contributed by atoms with van der Waals surface area (Å²) in [6, 6.07) is 12.0. The van der Waals surface area contributed by atoms with Crippen LogP contribution in [0.4, 0.5) is 0 Å². The average molecular weight is 364 g/mol. The van der Waals surface area contributed by atoms with Crippen molar-refractivity contribution in [2.45, 2.75) is 27.0 Å². The number of benzene rings is 2. The van der Waals surface area contributed by atoms with Gasteiger partial charge in [-0.2, -0.15) is 0 Å². The molecular formula is C20H26ClNO3. The topological polar surface area (TPSA) is 39.7 Å². The molecule has 0 amide bonds. The van der Waals surface area contributed by atoms with Crippen LogP contribution in [0, 0.1) is 6.92 Å². The number of methoxy groups -OCH3 is 1. The molecule has 0 fully saturated rings. The molecule has 0 saturated heterocycles. The Hall–Kier alpha value is -1.75. The van der Waals surface area contributed by atoms with Gasteiger partial charge in [0.2, 0.25) is 0 Å². The van der Waals surface area contributed by atoms with Gasteiger partial charge in [-0.25, -0.2) is 0 Å². The van der Waals surface area contributed by atoms with Crippen LogP contribution >= 0.6 is 11.6 Å². The maximum Gasteiger partial charge on any atom is 0.163 e. The predicted molar refractivity (Wildman–Crippen MR) is 102 cm³/mol. The fourth-order valence-electron chi connectivity index (χ4n) is 2.34. The molecule has 4 nitrogen and oxygen atoms in total. The number of nitrogens with one attached hydrogen (secondary N) is 1. The third-order valence-corrected chi connectivity index (χ3v) is 4.08. The minimum absolute atomic E-state index is 0.474. The molecule has 0 radical (unpaired) electrons. The van der Waals surface area contributed by atoms with Crippen molar-refractivity contribution in [2.24, 2.45) is 0 Å². The molecule has 2 rings (SSSR count). The molecule has 0 heterocycles. The molecule has 0 aliphatic rings. The summed E-state index contributed by atoms with van der Waals surface area (Å²) in [6.07, 6.45) is 0. The van der Waals surface area contributed by atoms with Gasteiger partial charge >= 0.3 is 0 Å². The summed E-state index contributed by atoms with van der Waals surface area (Å²) in [5.41, 5.74) is 3.31. The van der Waals surface area contributed by atoms with E-state index in [4.69, 9.17) is 25.8 Å². The van der Waals surface area contributed by atoms with Crippen LogP contribution in [0.25, 0.3) is 0 Å². The zero-order valence-electron chi connectivity index (χ0n) is 15.1. The van der Waals surface area contributed by atoms with Crippen molar-refractivity contribution in [1.29, 1.82) is 0 Å². The first-order valence-corrected chi connectivity index (χ1v) is 8.85. The molecule has 136 valence electrons. The van der Waals surface area contributed by atoms with Gasteiger partial charge < -0.3 is 19.5 Å². The number of rotatable bonds is 10. The molecule has 2 aromatic carbocycles. The highest BCUT2D eigenvalue weighted by atomic mass is 35.5. The Labute approximate surface area is 155 Å². The van der Waals surface area contributed by atoms with E-state index in [1.165, 1.54) is 5.56 Å². The summed E-state index contributed by atoms with van der Waals surface area (Å²) in [4.78, 5) is 0. The summed E-state index contributed by atoms with van der Waals surface area (Å²) in [5, 5.41) is 3.95.